The third kappa shape index (κ3) is 4.07. The minimum absolute atomic E-state index is 0.145. The van der Waals surface area contributed by atoms with Crippen molar-refractivity contribution < 1.29 is 13.2 Å². The van der Waals surface area contributed by atoms with Crippen LogP contribution in [0.2, 0.25) is 5.28 Å². The predicted molar refractivity (Wildman–Crippen MR) is 102 cm³/mol. The number of aromatic nitrogens is 4. The van der Waals surface area contributed by atoms with Crippen LogP contribution in [-0.4, -0.2) is 31.7 Å². The first-order chi connectivity index (χ1) is 13.3. The SMILES string of the molecule is C[C@@H](Nc1nc(Cl)nc2ncn(CC3CCC(C(F)(F)F)CC3)c12)C1CCC1. The number of rotatable bonds is 5. The van der Waals surface area contributed by atoms with Gasteiger partial charge >= 0.3 is 6.18 Å². The maximum atomic E-state index is 12.9. The van der Waals surface area contributed by atoms with Crippen molar-refractivity contribution in [1.29, 1.82) is 0 Å². The predicted octanol–water partition coefficient (Wildman–Crippen LogP) is 5.45. The number of anilines is 1. The number of hydrogen-bond donors (Lipinski definition) is 1. The van der Waals surface area contributed by atoms with Crippen LogP contribution in [0.1, 0.15) is 51.9 Å². The summed E-state index contributed by atoms with van der Waals surface area (Å²) in [5, 5.41) is 3.62. The molecule has 2 heterocycles. The molecule has 28 heavy (non-hydrogen) atoms. The monoisotopic (exact) mass is 415 g/mol. The Morgan fingerprint density at radius 2 is 1.89 bits per heavy atom. The summed E-state index contributed by atoms with van der Waals surface area (Å²) >= 11 is 6.08. The highest BCUT2D eigenvalue weighted by Crippen LogP contribution is 2.40. The topological polar surface area (TPSA) is 55.6 Å². The van der Waals surface area contributed by atoms with E-state index in [4.69, 9.17) is 11.6 Å². The van der Waals surface area contributed by atoms with E-state index in [0.29, 0.717) is 36.8 Å². The highest BCUT2D eigenvalue weighted by Gasteiger charge is 2.41. The first-order valence-corrected chi connectivity index (χ1v) is 10.4. The van der Waals surface area contributed by atoms with Crippen LogP contribution in [0.25, 0.3) is 11.2 Å². The Hall–Kier alpha value is -1.57. The summed E-state index contributed by atoms with van der Waals surface area (Å²) in [6.45, 7) is 2.77. The number of alkyl halides is 3. The Morgan fingerprint density at radius 3 is 2.50 bits per heavy atom. The molecule has 5 nitrogen and oxygen atoms in total. The van der Waals surface area contributed by atoms with Crippen LogP contribution in [0.3, 0.4) is 0 Å². The summed E-state index contributed by atoms with van der Waals surface area (Å²) in [6, 6.07) is 0.272. The van der Waals surface area contributed by atoms with Gasteiger partial charge in [-0.3, -0.25) is 0 Å². The molecule has 154 valence electrons. The van der Waals surface area contributed by atoms with Gasteiger partial charge < -0.3 is 9.88 Å². The van der Waals surface area contributed by atoms with Crippen molar-refractivity contribution in [1.82, 2.24) is 19.5 Å². The molecule has 0 aliphatic heterocycles. The fourth-order valence-electron chi connectivity index (χ4n) is 4.42. The Morgan fingerprint density at radius 1 is 1.18 bits per heavy atom. The summed E-state index contributed by atoms with van der Waals surface area (Å²) in [6.07, 6.45) is 2.83. The number of fused-ring (bicyclic) bond motifs is 1. The summed E-state index contributed by atoms with van der Waals surface area (Å²) in [5.41, 5.74) is 1.31. The summed E-state index contributed by atoms with van der Waals surface area (Å²) in [5.74, 6) is 0.322. The second-order valence-electron chi connectivity index (χ2n) is 8.29. The lowest BCUT2D eigenvalue weighted by Gasteiger charge is -2.32. The van der Waals surface area contributed by atoms with E-state index in [1.807, 2.05) is 4.57 Å². The summed E-state index contributed by atoms with van der Waals surface area (Å²) in [7, 11) is 0. The van der Waals surface area contributed by atoms with Crippen LogP contribution in [0, 0.1) is 17.8 Å². The van der Waals surface area contributed by atoms with Crippen LogP contribution in [0.5, 0.6) is 0 Å². The molecule has 9 heteroatoms. The van der Waals surface area contributed by atoms with Crippen molar-refractivity contribution >= 4 is 28.6 Å². The average molecular weight is 416 g/mol. The Balaban J connectivity index is 1.51. The van der Waals surface area contributed by atoms with Crippen molar-refractivity contribution in [3.63, 3.8) is 0 Å². The van der Waals surface area contributed by atoms with Crippen LogP contribution < -0.4 is 5.32 Å². The van der Waals surface area contributed by atoms with Gasteiger partial charge in [-0.15, -0.1) is 0 Å². The second-order valence-corrected chi connectivity index (χ2v) is 8.63. The largest absolute Gasteiger partial charge is 0.391 e. The fourth-order valence-corrected chi connectivity index (χ4v) is 4.58. The maximum absolute atomic E-state index is 12.9. The van der Waals surface area contributed by atoms with Crippen molar-refractivity contribution in [3.05, 3.63) is 11.6 Å². The van der Waals surface area contributed by atoms with Crippen molar-refractivity contribution in [2.24, 2.45) is 17.8 Å². The summed E-state index contributed by atoms with van der Waals surface area (Å²) < 4.78 is 40.7. The van der Waals surface area contributed by atoms with E-state index in [1.165, 1.54) is 19.3 Å². The zero-order chi connectivity index (χ0) is 19.9. The van der Waals surface area contributed by atoms with E-state index in [9.17, 15) is 13.2 Å². The van der Waals surface area contributed by atoms with Crippen molar-refractivity contribution in [3.8, 4) is 0 Å². The molecule has 0 amide bonds. The molecule has 0 aromatic carbocycles. The Kier molecular flexibility index (Phi) is 5.42. The molecule has 2 aromatic heterocycles. The zero-order valence-corrected chi connectivity index (χ0v) is 16.6. The highest BCUT2D eigenvalue weighted by molar-refractivity contribution is 6.28. The van der Waals surface area contributed by atoms with Gasteiger partial charge in [0.05, 0.1) is 12.2 Å². The molecule has 2 saturated carbocycles. The van der Waals surface area contributed by atoms with E-state index in [1.54, 1.807) is 6.33 Å². The standard InChI is InChI=1S/C19H25ClF3N5/c1-11(13-3-2-4-13)25-17-15-16(26-18(20)27-17)24-10-28(15)9-12-5-7-14(8-6-12)19(21,22)23/h10-14H,2-9H2,1H3,(H,25,26,27)/t11-,12?,14?/m1/s1. The summed E-state index contributed by atoms with van der Waals surface area (Å²) in [4.78, 5) is 13.0. The van der Waals surface area contributed by atoms with Gasteiger partial charge in [0.2, 0.25) is 5.28 Å². The van der Waals surface area contributed by atoms with Crippen LogP contribution in [0.15, 0.2) is 6.33 Å². The molecule has 2 aromatic rings. The fraction of sp³-hybridized carbons (Fsp3) is 0.737. The highest BCUT2D eigenvalue weighted by atomic mass is 35.5. The Bertz CT molecular complexity index is 825. The van der Waals surface area contributed by atoms with Crippen molar-refractivity contribution in [2.75, 3.05) is 5.32 Å². The first-order valence-electron chi connectivity index (χ1n) is 10.0. The average Bonchev–Trinajstić information content (AvgIpc) is 2.95. The van der Waals surface area contributed by atoms with Crippen LogP contribution >= 0.6 is 11.6 Å². The maximum Gasteiger partial charge on any atom is 0.391 e. The number of halogens is 4. The molecule has 2 fully saturated rings. The lowest BCUT2D eigenvalue weighted by atomic mass is 9.80. The second kappa shape index (κ2) is 7.69. The molecule has 2 aliphatic rings. The normalized spacial score (nSPS) is 24.9. The van der Waals surface area contributed by atoms with E-state index in [2.05, 4.69) is 27.2 Å². The molecule has 1 atom stereocenters. The smallest absolute Gasteiger partial charge is 0.365 e. The molecule has 0 spiro atoms. The number of imidazole rings is 1. The van der Waals surface area contributed by atoms with Crippen LogP contribution in [-0.2, 0) is 6.54 Å². The molecular formula is C19H25ClF3N5. The lowest BCUT2D eigenvalue weighted by Crippen LogP contribution is -2.31. The molecule has 0 radical (unpaired) electrons. The van der Waals surface area contributed by atoms with E-state index < -0.39 is 12.1 Å². The molecule has 0 saturated heterocycles. The number of nitrogens with one attached hydrogen (secondary N) is 1. The van der Waals surface area contributed by atoms with Gasteiger partial charge in [-0.05, 0) is 68.9 Å². The molecule has 4 rings (SSSR count). The van der Waals surface area contributed by atoms with Gasteiger partial charge in [0.15, 0.2) is 11.5 Å². The number of nitrogens with zero attached hydrogens (tertiary/aromatic N) is 4. The minimum Gasteiger partial charge on any atom is -0.365 e. The van der Waals surface area contributed by atoms with E-state index in [-0.39, 0.29) is 30.1 Å². The number of hydrogen-bond acceptors (Lipinski definition) is 4. The zero-order valence-electron chi connectivity index (χ0n) is 15.8. The van der Waals surface area contributed by atoms with E-state index in [0.717, 1.165) is 5.52 Å². The third-order valence-electron chi connectivity index (χ3n) is 6.43. The van der Waals surface area contributed by atoms with Gasteiger partial charge in [0.1, 0.15) is 5.52 Å². The van der Waals surface area contributed by atoms with Gasteiger partial charge in [-0.25, -0.2) is 4.98 Å². The molecule has 1 N–H and O–H groups in total. The van der Waals surface area contributed by atoms with Gasteiger partial charge in [0, 0.05) is 12.6 Å². The van der Waals surface area contributed by atoms with Gasteiger partial charge in [-0.2, -0.15) is 23.1 Å². The Labute approximate surface area is 167 Å². The first kappa shape index (κ1) is 19.7. The third-order valence-corrected chi connectivity index (χ3v) is 6.60. The molecular weight excluding hydrogens is 391 g/mol. The van der Waals surface area contributed by atoms with E-state index >= 15 is 0 Å². The van der Waals surface area contributed by atoms with Crippen molar-refractivity contribution in [2.45, 2.75) is 70.6 Å². The molecule has 0 bridgehead atoms. The quantitative estimate of drug-likeness (QED) is 0.660. The van der Waals surface area contributed by atoms with Gasteiger partial charge in [0.25, 0.3) is 0 Å². The molecule has 2 aliphatic carbocycles. The van der Waals surface area contributed by atoms with Crippen LogP contribution in [0.4, 0.5) is 19.0 Å². The minimum atomic E-state index is -4.08. The lowest BCUT2D eigenvalue weighted by molar-refractivity contribution is -0.184. The van der Waals surface area contributed by atoms with Gasteiger partial charge in [-0.1, -0.05) is 6.42 Å². The molecule has 0 unspecified atom stereocenters.